The summed E-state index contributed by atoms with van der Waals surface area (Å²) in [5.74, 6) is 0.198. The standard InChI is InChI=1S/C21H24FNO2/c22-20-14-18(25-15-16-8-4-3-5-9-16)12-13-19(20)21(23-24)17-10-6-1-2-7-11-17/h3-5,8-9,12-14,17,24H,1-2,6-7,10-11,15H2/b23-21+. The summed E-state index contributed by atoms with van der Waals surface area (Å²) >= 11 is 0. The molecule has 0 unspecified atom stereocenters. The zero-order chi connectivity index (χ0) is 17.5. The SMILES string of the molecule is O/N=C(/c1ccc(OCc2ccccc2)cc1F)C1CCCCCC1. The van der Waals surface area contributed by atoms with E-state index >= 15 is 0 Å². The lowest BCUT2D eigenvalue weighted by atomic mass is 9.90. The van der Waals surface area contributed by atoms with Gasteiger partial charge in [0.2, 0.25) is 0 Å². The van der Waals surface area contributed by atoms with Crippen molar-refractivity contribution in [2.24, 2.45) is 11.1 Å². The summed E-state index contributed by atoms with van der Waals surface area (Å²) in [4.78, 5) is 0. The lowest BCUT2D eigenvalue weighted by molar-refractivity contribution is 0.304. The van der Waals surface area contributed by atoms with Gasteiger partial charge in [0, 0.05) is 17.5 Å². The van der Waals surface area contributed by atoms with Gasteiger partial charge in [-0.3, -0.25) is 0 Å². The van der Waals surface area contributed by atoms with Crippen LogP contribution in [0, 0.1) is 11.7 Å². The summed E-state index contributed by atoms with van der Waals surface area (Å²) in [5, 5.41) is 12.9. The normalized spacial score (nSPS) is 16.4. The number of benzene rings is 2. The van der Waals surface area contributed by atoms with Crippen LogP contribution in [-0.4, -0.2) is 10.9 Å². The Hall–Kier alpha value is -2.36. The molecule has 2 aromatic rings. The number of nitrogens with zero attached hydrogens (tertiary/aromatic N) is 1. The van der Waals surface area contributed by atoms with Crippen LogP contribution in [0.3, 0.4) is 0 Å². The van der Waals surface area contributed by atoms with Gasteiger partial charge in [-0.05, 0) is 30.5 Å². The highest BCUT2D eigenvalue weighted by molar-refractivity contribution is 6.02. The van der Waals surface area contributed by atoms with Crippen molar-refractivity contribution in [2.45, 2.75) is 45.1 Å². The van der Waals surface area contributed by atoms with Gasteiger partial charge in [0.05, 0.1) is 5.71 Å². The van der Waals surface area contributed by atoms with Crippen LogP contribution in [0.15, 0.2) is 53.7 Å². The first-order valence-corrected chi connectivity index (χ1v) is 8.96. The van der Waals surface area contributed by atoms with E-state index in [0.717, 1.165) is 31.2 Å². The van der Waals surface area contributed by atoms with E-state index in [0.29, 0.717) is 23.6 Å². The summed E-state index contributed by atoms with van der Waals surface area (Å²) < 4.78 is 20.3. The van der Waals surface area contributed by atoms with Crippen molar-refractivity contribution in [3.8, 4) is 5.75 Å². The van der Waals surface area contributed by atoms with Crippen LogP contribution < -0.4 is 4.74 Å². The van der Waals surface area contributed by atoms with E-state index in [-0.39, 0.29) is 5.92 Å². The van der Waals surface area contributed by atoms with Gasteiger partial charge in [0.15, 0.2) is 0 Å². The number of hydrogen-bond acceptors (Lipinski definition) is 3. The summed E-state index contributed by atoms with van der Waals surface area (Å²) in [5.41, 5.74) is 1.87. The van der Waals surface area contributed by atoms with E-state index in [9.17, 15) is 9.60 Å². The van der Waals surface area contributed by atoms with E-state index in [2.05, 4.69) is 5.16 Å². The van der Waals surface area contributed by atoms with Crippen LogP contribution >= 0.6 is 0 Å². The third-order valence-electron chi connectivity index (χ3n) is 4.81. The average Bonchev–Trinajstić information content (AvgIpc) is 2.92. The van der Waals surface area contributed by atoms with Gasteiger partial charge < -0.3 is 9.94 Å². The quantitative estimate of drug-likeness (QED) is 0.335. The highest BCUT2D eigenvalue weighted by Crippen LogP contribution is 2.28. The molecule has 0 aromatic heterocycles. The molecule has 1 fully saturated rings. The second kappa shape index (κ2) is 8.65. The average molecular weight is 341 g/mol. The maximum Gasteiger partial charge on any atom is 0.136 e. The molecule has 1 aliphatic carbocycles. The molecule has 0 spiro atoms. The lowest BCUT2D eigenvalue weighted by Gasteiger charge is -2.17. The molecule has 0 aliphatic heterocycles. The van der Waals surface area contributed by atoms with Crippen molar-refractivity contribution >= 4 is 5.71 Å². The molecule has 0 heterocycles. The first kappa shape index (κ1) is 17.5. The minimum Gasteiger partial charge on any atom is -0.489 e. The van der Waals surface area contributed by atoms with Crippen molar-refractivity contribution in [2.75, 3.05) is 0 Å². The zero-order valence-electron chi connectivity index (χ0n) is 14.3. The Balaban J connectivity index is 1.72. The second-order valence-corrected chi connectivity index (χ2v) is 6.59. The Bertz CT molecular complexity index is 707. The van der Waals surface area contributed by atoms with E-state index in [4.69, 9.17) is 4.74 Å². The molecule has 1 N–H and O–H groups in total. The zero-order valence-corrected chi connectivity index (χ0v) is 14.3. The van der Waals surface area contributed by atoms with Crippen LogP contribution in [0.2, 0.25) is 0 Å². The maximum atomic E-state index is 14.6. The molecule has 0 amide bonds. The fourth-order valence-corrected chi connectivity index (χ4v) is 3.44. The minimum atomic E-state index is -0.400. The first-order valence-electron chi connectivity index (χ1n) is 8.96. The largest absolute Gasteiger partial charge is 0.489 e. The highest BCUT2D eigenvalue weighted by atomic mass is 19.1. The van der Waals surface area contributed by atoms with Crippen molar-refractivity contribution < 1.29 is 14.3 Å². The van der Waals surface area contributed by atoms with E-state index < -0.39 is 5.82 Å². The summed E-state index contributed by atoms with van der Waals surface area (Å²) in [6.07, 6.45) is 6.50. The third-order valence-corrected chi connectivity index (χ3v) is 4.81. The fourth-order valence-electron chi connectivity index (χ4n) is 3.44. The molecule has 2 aromatic carbocycles. The maximum absolute atomic E-state index is 14.6. The Morgan fingerprint density at radius 3 is 2.40 bits per heavy atom. The van der Waals surface area contributed by atoms with Gasteiger partial charge in [-0.1, -0.05) is 61.2 Å². The van der Waals surface area contributed by atoms with Crippen molar-refractivity contribution in [3.63, 3.8) is 0 Å². The lowest BCUT2D eigenvalue weighted by Crippen LogP contribution is -2.17. The number of ether oxygens (including phenoxy) is 1. The summed E-state index contributed by atoms with van der Waals surface area (Å²) in [7, 11) is 0. The van der Waals surface area contributed by atoms with Gasteiger partial charge in [-0.15, -0.1) is 0 Å². The van der Waals surface area contributed by atoms with Crippen LogP contribution in [0.1, 0.15) is 49.7 Å². The summed E-state index contributed by atoms with van der Waals surface area (Å²) in [6, 6.07) is 14.5. The smallest absolute Gasteiger partial charge is 0.136 e. The molecule has 1 saturated carbocycles. The molecule has 0 atom stereocenters. The Morgan fingerprint density at radius 1 is 1.04 bits per heavy atom. The van der Waals surface area contributed by atoms with Gasteiger partial charge in [-0.25, -0.2) is 4.39 Å². The van der Waals surface area contributed by atoms with E-state index in [1.165, 1.54) is 18.9 Å². The van der Waals surface area contributed by atoms with Gasteiger partial charge >= 0.3 is 0 Å². The van der Waals surface area contributed by atoms with Crippen molar-refractivity contribution in [1.82, 2.24) is 0 Å². The Kier molecular flexibility index (Phi) is 6.04. The predicted octanol–water partition coefficient (Wildman–Crippen LogP) is 5.55. The van der Waals surface area contributed by atoms with Gasteiger partial charge in [0.1, 0.15) is 18.2 Å². The molecular weight excluding hydrogens is 317 g/mol. The molecule has 132 valence electrons. The predicted molar refractivity (Wildman–Crippen MR) is 96.7 cm³/mol. The number of hydrogen-bond donors (Lipinski definition) is 1. The molecule has 3 nitrogen and oxygen atoms in total. The van der Waals surface area contributed by atoms with Crippen molar-refractivity contribution in [1.29, 1.82) is 0 Å². The number of oxime groups is 1. The highest BCUT2D eigenvalue weighted by Gasteiger charge is 2.23. The Morgan fingerprint density at radius 2 is 1.76 bits per heavy atom. The van der Waals surface area contributed by atoms with Crippen LogP contribution in [0.5, 0.6) is 5.75 Å². The van der Waals surface area contributed by atoms with E-state index in [1.807, 2.05) is 30.3 Å². The number of halogens is 1. The second-order valence-electron chi connectivity index (χ2n) is 6.59. The third kappa shape index (κ3) is 4.59. The van der Waals surface area contributed by atoms with Crippen LogP contribution in [-0.2, 0) is 6.61 Å². The molecule has 1 aliphatic rings. The van der Waals surface area contributed by atoms with Crippen LogP contribution in [0.25, 0.3) is 0 Å². The molecular formula is C21H24FNO2. The summed E-state index contributed by atoms with van der Waals surface area (Å²) in [6.45, 7) is 0.392. The molecule has 0 radical (unpaired) electrons. The molecule has 0 saturated heterocycles. The van der Waals surface area contributed by atoms with E-state index in [1.54, 1.807) is 12.1 Å². The fraction of sp³-hybridized carbons (Fsp3) is 0.381. The molecule has 4 heteroatoms. The topological polar surface area (TPSA) is 41.8 Å². The van der Waals surface area contributed by atoms with Crippen molar-refractivity contribution in [3.05, 3.63) is 65.5 Å². The number of rotatable bonds is 5. The first-order chi connectivity index (χ1) is 12.3. The molecule has 3 rings (SSSR count). The molecule has 25 heavy (non-hydrogen) atoms. The van der Waals surface area contributed by atoms with Gasteiger partial charge in [0.25, 0.3) is 0 Å². The monoisotopic (exact) mass is 341 g/mol. The molecule has 0 bridgehead atoms. The minimum absolute atomic E-state index is 0.123. The van der Waals surface area contributed by atoms with Gasteiger partial charge in [-0.2, -0.15) is 0 Å². The Labute approximate surface area is 148 Å². The van der Waals surface area contributed by atoms with Crippen LogP contribution in [0.4, 0.5) is 4.39 Å².